The van der Waals surface area contributed by atoms with Crippen molar-refractivity contribution >= 4 is 15.9 Å². The normalized spacial score (nSPS) is 15.4. The van der Waals surface area contributed by atoms with Gasteiger partial charge in [-0.1, -0.05) is 13.8 Å². The lowest BCUT2D eigenvalue weighted by Gasteiger charge is -2.17. The zero-order chi connectivity index (χ0) is 19.2. The highest BCUT2D eigenvalue weighted by atomic mass is 32.2. The lowest BCUT2D eigenvalue weighted by atomic mass is 10.1. The Morgan fingerprint density at radius 1 is 1.27 bits per heavy atom. The third-order valence-electron chi connectivity index (χ3n) is 4.62. The Morgan fingerprint density at radius 3 is 2.58 bits per heavy atom. The zero-order valence-electron chi connectivity index (χ0n) is 16.0. The third kappa shape index (κ3) is 5.45. The number of amides is 1. The van der Waals surface area contributed by atoms with Crippen LogP contribution in [0.1, 0.15) is 45.1 Å². The number of aryl methyl sites for hydroxylation is 1. The molecule has 1 aliphatic rings. The van der Waals surface area contributed by atoms with Gasteiger partial charge in [0, 0.05) is 26.1 Å². The van der Waals surface area contributed by atoms with E-state index >= 15 is 0 Å². The van der Waals surface area contributed by atoms with Gasteiger partial charge in [0.25, 0.3) is 0 Å². The van der Waals surface area contributed by atoms with Gasteiger partial charge in [-0.2, -0.15) is 4.31 Å². The second-order valence-electron chi connectivity index (χ2n) is 7.12. The highest BCUT2D eigenvalue weighted by Gasteiger charge is 2.27. The Labute approximate surface area is 157 Å². The summed E-state index contributed by atoms with van der Waals surface area (Å²) in [6.45, 7) is 6.04. The number of sulfonamides is 1. The molecule has 0 spiro atoms. The van der Waals surface area contributed by atoms with Crippen LogP contribution in [0.25, 0.3) is 0 Å². The highest BCUT2D eigenvalue weighted by molar-refractivity contribution is 7.89. The van der Waals surface area contributed by atoms with E-state index in [1.54, 1.807) is 25.3 Å². The van der Waals surface area contributed by atoms with Crippen molar-refractivity contribution < 1.29 is 17.9 Å². The fraction of sp³-hybridized carbons (Fsp3) is 0.632. The van der Waals surface area contributed by atoms with Crippen molar-refractivity contribution in [2.24, 2.45) is 5.92 Å². The highest BCUT2D eigenvalue weighted by Crippen LogP contribution is 2.27. The molecule has 0 bridgehead atoms. The first-order chi connectivity index (χ1) is 12.3. The maximum Gasteiger partial charge on any atom is 0.243 e. The van der Waals surface area contributed by atoms with Crippen molar-refractivity contribution in [1.82, 2.24) is 9.62 Å². The van der Waals surface area contributed by atoms with E-state index in [0.717, 1.165) is 24.8 Å². The van der Waals surface area contributed by atoms with Crippen LogP contribution in [0.3, 0.4) is 0 Å². The number of methoxy groups -OCH3 is 1. The summed E-state index contributed by atoms with van der Waals surface area (Å²) in [5.41, 5.74) is 0.742. The van der Waals surface area contributed by atoms with Crippen LogP contribution in [-0.4, -0.2) is 45.4 Å². The quantitative estimate of drug-likeness (QED) is 0.712. The van der Waals surface area contributed by atoms with Gasteiger partial charge in [-0.25, -0.2) is 8.42 Å². The summed E-state index contributed by atoms with van der Waals surface area (Å²) in [7, 11) is -1.92. The van der Waals surface area contributed by atoms with E-state index in [1.807, 2.05) is 0 Å². The van der Waals surface area contributed by atoms with Gasteiger partial charge in [-0.3, -0.25) is 4.79 Å². The molecule has 1 fully saturated rings. The van der Waals surface area contributed by atoms with Crippen molar-refractivity contribution in [3.05, 3.63) is 23.8 Å². The lowest BCUT2D eigenvalue weighted by Crippen LogP contribution is -2.28. The molecule has 1 aliphatic heterocycles. The summed E-state index contributed by atoms with van der Waals surface area (Å²) in [5, 5.41) is 2.91. The standard InChI is InChI=1S/C19H30N2O4S/c1-15(2)10-11-20-19(22)9-6-16-14-17(7-8-18(16)25-3)26(23,24)21-12-4-5-13-21/h7-8,14-15H,4-6,9-13H2,1-3H3,(H,20,22). The number of ether oxygens (including phenoxy) is 1. The fourth-order valence-corrected chi connectivity index (χ4v) is 4.59. The molecule has 26 heavy (non-hydrogen) atoms. The van der Waals surface area contributed by atoms with Crippen molar-refractivity contribution in [3.8, 4) is 5.75 Å². The van der Waals surface area contributed by atoms with E-state index < -0.39 is 10.0 Å². The molecule has 0 atom stereocenters. The van der Waals surface area contributed by atoms with Gasteiger partial charge in [0.05, 0.1) is 12.0 Å². The predicted octanol–water partition coefficient (Wildman–Crippen LogP) is 2.57. The van der Waals surface area contributed by atoms with Crippen molar-refractivity contribution in [2.75, 3.05) is 26.7 Å². The maximum absolute atomic E-state index is 12.7. The van der Waals surface area contributed by atoms with E-state index in [2.05, 4.69) is 19.2 Å². The minimum absolute atomic E-state index is 0.0273. The van der Waals surface area contributed by atoms with Gasteiger partial charge in [-0.05, 0) is 55.4 Å². The van der Waals surface area contributed by atoms with Gasteiger partial charge in [0.15, 0.2) is 0 Å². The first-order valence-electron chi connectivity index (χ1n) is 9.28. The molecule has 1 heterocycles. The first kappa shape index (κ1) is 20.7. The number of rotatable bonds is 9. The molecule has 1 aromatic carbocycles. The average Bonchev–Trinajstić information content (AvgIpc) is 3.14. The van der Waals surface area contributed by atoms with Crippen molar-refractivity contribution in [1.29, 1.82) is 0 Å². The monoisotopic (exact) mass is 382 g/mol. The largest absolute Gasteiger partial charge is 0.496 e. The summed E-state index contributed by atoms with van der Waals surface area (Å²) in [6, 6.07) is 4.90. The number of nitrogens with one attached hydrogen (secondary N) is 1. The van der Waals surface area contributed by atoms with Crippen LogP contribution in [0, 0.1) is 5.92 Å². The van der Waals surface area contributed by atoms with Crippen LogP contribution in [0.2, 0.25) is 0 Å². The Morgan fingerprint density at radius 2 is 1.96 bits per heavy atom. The number of carbonyl (C=O) groups is 1. The molecule has 0 aromatic heterocycles. The topological polar surface area (TPSA) is 75.7 Å². The Bertz CT molecular complexity index is 710. The van der Waals surface area contributed by atoms with E-state index in [0.29, 0.717) is 44.1 Å². The molecule has 146 valence electrons. The summed E-state index contributed by atoms with van der Waals surface area (Å²) in [4.78, 5) is 12.3. The molecule has 1 N–H and O–H groups in total. The summed E-state index contributed by atoms with van der Waals surface area (Å²) in [6.07, 6.45) is 3.50. The van der Waals surface area contributed by atoms with Gasteiger partial charge >= 0.3 is 0 Å². The molecule has 1 amide bonds. The number of hydrogen-bond donors (Lipinski definition) is 1. The number of nitrogens with zero attached hydrogens (tertiary/aromatic N) is 1. The van der Waals surface area contributed by atoms with E-state index in [-0.39, 0.29) is 10.8 Å². The zero-order valence-corrected chi connectivity index (χ0v) is 16.8. The fourth-order valence-electron chi connectivity index (χ4n) is 3.03. The van der Waals surface area contributed by atoms with Gasteiger partial charge in [-0.15, -0.1) is 0 Å². The van der Waals surface area contributed by atoms with Gasteiger partial charge in [0.2, 0.25) is 15.9 Å². The summed E-state index contributed by atoms with van der Waals surface area (Å²) in [5.74, 6) is 1.13. The maximum atomic E-state index is 12.7. The lowest BCUT2D eigenvalue weighted by molar-refractivity contribution is -0.121. The molecule has 0 aliphatic carbocycles. The van der Waals surface area contributed by atoms with Crippen LogP contribution >= 0.6 is 0 Å². The molecule has 0 saturated carbocycles. The number of benzene rings is 1. The summed E-state index contributed by atoms with van der Waals surface area (Å²) < 4.78 is 32.3. The minimum atomic E-state index is -3.47. The van der Waals surface area contributed by atoms with Crippen molar-refractivity contribution in [3.63, 3.8) is 0 Å². The Balaban J connectivity index is 2.06. The molecule has 0 radical (unpaired) electrons. The van der Waals surface area contributed by atoms with Crippen LogP contribution in [-0.2, 0) is 21.2 Å². The van der Waals surface area contributed by atoms with Crippen LogP contribution in [0.15, 0.2) is 23.1 Å². The van der Waals surface area contributed by atoms with Crippen LogP contribution in [0.5, 0.6) is 5.75 Å². The average molecular weight is 383 g/mol. The predicted molar refractivity (Wildman–Crippen MR) is 102 cm³/mol. The second-order valence-corrected chi connectivity index (χ2v) is 9.06. The summed E-state index contributed by atoms with van der Waals surface area (Å²) >= 11 is 0. The molecule has 1 saturated heterocycles. The van der Waals surface area contributed by atoms with Gasteiger partial charge < -0.3 is 10.1 Å². The minimum Gasteiger partial charge on any atom is -0.496 e. The van der Waals surface area contributed by atoms with Gasteiger partial charge in [0.1, 0.15) is 5.75 Å². The first-order valence-corrected chi connectivity index (χ1v) is 10.7. The molecular formula is C19H30N2O4S. The SMILES string of the molecule is COc1ccc(S(=O)(=O)N2CCCC2)cc1CCC(=O)NCCC(C)C. The molecule has 1 aromatic rings. The molecule has 7 heteroatoms. The van der Waals surface area contributed by atoms with E-state index in [1.165, 1.54) is 4.31 Å². The molecular weight excluding hydrogens is 352 g/mol. The second kappa shape index (κ2) is 9.37. The van der Waals surface area contributed by atoms with Crippen LogP contribution in [0.4, 0.5) is 0 Å². The number of carbonyl (C=O) groups excluding carboxylic acids is 1. The third-order valence-corrected chi connectivity index (χ3v) is 6.51. The van der Waals surface area contributed by atoms with E-state index in [9.17, 15) is 13.2 Å². The van der Waals surface area contributed by atoms with Crippen LogP contribution < -0.4 is 10.1 Å². The molecule has 0 unspecified atom stereocenters. The molecule has 6 nitrogen and oxygen atoms in total. The Hall–Kier alpha value is -1.60. The number of hydrogen-bond acceptors (Lipinski definition) is 4. The van der Waals surface area contributed by atoms with E-state index in [4.69, 9.17) is 4.74 Å². The molecule has 2 rings (SSSR count). The Kier molecular flexibility index (Phi) is 7.46. The smallest absolute Gasteiger partial charge is 0.243 e. The van der Waals surface area contributed by atoms with Crippen molar-refractivity contribution in [2.45, 2.75) is 50.8 Å².